The van der Waals surface area contributed by atoms with Gasteiger partial charge in [0.15, 0.2) is 0 Å². The van der Waals surface area contributed by atoms with Crippen LogP contribution in [0.4, 0.5) is 8.78 Å². The summed E-state index contributed by atoms with van der Waals surface area (Å²) in [5.74, 6) is -1.12. The van der Waals surface area contributed by atoms with Crippen molar-refractivity contribution in [2.24, 2.45) is 7.05 Å². The van der Waals surface area contributed by atoms with Gasteiger partial charge in [-0.25, -0.2) is 4.79 Å². The minimum absolute atomic E-state index is 0.000602. The van der Waals surface area contributed by atoms with Crippen LogP contribution >= 0.6 is 0 Å². The Morgan fingerprint density at radius 3 is 2.75 bits per heavy atom. The Balaban J connectivity index is 2.53. The summed E-state index contributed by atoms with van der Waals surface area (Å²) < 4.78 is 30.4. The maximum atomic E-state index is 12.3. The van der Waals surface area contributed by atoms with Gasteiger partial charge in [-0.1, -0.05) is 12.1 Å². The molecule has 5 nitrogen and oxygen atoms in total. The van der Waals surface area contributed by atoms with Crippen molar-refractivity contribution in [1.29, 1.82) is 0 Å². The fraction of sp³-hybridized carbons (Fsp3) is 0.231. The topological polar surface area (TPSA) is 64.3 Å². The zero-order chi connectivity index (χ0) is 14.9. The van der Waals surface area contributed by atoms with Crippen molar-refractivity contribution in [1.82, 2.24) is 9.78 Å². The van der Waals surface area contributed by atoms with Crippen molar-refractivity contribution in [3.8, 4) is 17.0 Å². The van der Waals surface area contributed by atoms with E-state index in [1.165, 1.54) is 16.9 Å². The molecule has 0 spiro atoms. The number of hydrogen-bond acceptors (Lipinski definition) is 3. The van der Waals surface area contributed by atoms with Gasteiger partial charge in [-0.3, -0.25) is 4.68 Å². The number of rotatable bonds is 4. The standard InChI is InChI=1S/C13H12F2N2O3/c1-7-3-4-8(5-10(7)20-13(14)15)11-9(12(18)19)6-16-17(11)2/h3-6,13H,1-2H3,(H,18,19). The second-order valence-corrected chi connectivity index (χ2v) is 4.19. The molecule has 0 aliphatic carbocycles. The lowest BCUT2D eigenvalue weighted by Gasteiger charge is -2.11. The van der Waals surface area contributed by atoms with Crippen LogP contribution in [0.2, 0.25) is 0 Å². The molecule has 7 heteroatoms. The summed E-state index contributed by atoms with van der Waals surface area (Å²) >= 11 is 0. The number of hydrogen-bond donors (Lipinski definition) is 1. The molecule has 2 aromatic rings. The maximum absolute atomic E-state index is 12.3. The fourth-order valence-corrected chi connectivity index (χ4v) is 1.91. The fourth-order valence-electron chi connectivity index (χ4n) is 1.91. The van der Waals surface area contributed by atoms with Crippen LogP contribution in [0.1, 0.15) is 15.9 Å². The lowest BCUT2D eigenvalue weighted by molar-refractivity contribution is -0.0502. The summed E-state index contributed by atoms with van der Waals surface area (Å²) in [5.41, 5.74) is 1.31. The van der Waals surface area contributed by atoms with E-state index in [1.807, 2.05) is 0 Å². The molecule has 1 aromatic heterocycles. The maximum Gasteiger partial charge on any atom is 0.387 e. The van der Waals surface area contributed by atoms with Crippen LogP contribution in [0.15, 0.2) is 24.4 Å². The number of ether oxygens (including phenoxy) is 1. The largest absolute Gasteiger partial charge is 0.478 e. The quantitative estimate of drug-likeness (QED) is 0.936. The van der Waals surface area contributed by atoms with Gasteiger partial charge in [-0.2, -0.15) is 13.9 Å². The van der Waals surface area contributed by atoms with Crippen molar-refractivity contribution in [2.75, 3.05) is 0 Å². The van der Waals surface area contributed by atoms with Gasteiger partial charge in [0.2, 0.25) is 0 Å². The summed E-state index contributed by atoms with van der Waals surface area (Å²) in [6.45, 7) is -1.31. The summed E-state index contributed by atoms with van der Waals surface area (Å²) in [6, 6.07) is 4.60. The number of carboxylic acids is 1. The molecule has 0 atom stereocenters. The second-order valence-electron chi connectivity index (χ2n) is 4.19. The Morgan fingerprint density at radius 1 is 1.45 bits per heavy atom. The number of carbonyl (C=O) groups is 1. The average Bonchev–Trinajstić information content (AvgIpc) is 2.74. The van der Waals surface area contributed by atoms with Crippen LogP contribution < -0.4 is 4.74 Å². The molecule has 0 aliphatic rings. The third-order valence-corrected chi connectivity index (χ3v) is 2.85. The minimum atomic E-state index is -2.94. The molecule has 1 heterocycles. The van der Waals surface area contributed by atoms with Gasteiger partial charge in [0, 0.05) is 12.6 Å². The van der Waals surface area contributed by atoms with Crippen LogP contribution in [-0.4, -0.2) is 27.5 Å². The molecule has 0 saturated carbocycles. The lowest BCUT2D eigenvalue weighted by Crippen LogP contribution is -2.05. The van der Waals surface area contributed by atoms with Crippen LogP contribution in [0.3, 0.4) is 0 Å². The number of alkyl halides is 2. The van der Waals surface area contributed by atoms with E-state index >= 15 is 0 Å². The van der Waals surface area contributed by atoms with Crippen molar-refractivity contribution in [2.45, 2.75) is 13.5 Å². The predicted molar refractivity (Wildman–Crippen MR) is 67.0 cm³/mol. The summed E-state index contributed by atoms with van der Waals surface area (Å²) in [5, 5.41) is 13.0. The molecule has 0 fully saturated rings. The third kappa shape index (κ3) is 2.61. The van der Waals surface area contributed by atoms with E-state index in [2.05, 4.69) is 9.84 Å². The highest BCUT2D eigenvalue weighted by Crippen LogP contribution is 2.29. The normalized spacial score (nSPS) is 10.8. The average molecular weight is 282 g/mol. The molecular weight excluding hydrogens is 270 g/mol. The molecule has 1 aromatic carbocycles. The monoisotopic (exact) mass is 282 g/mol. The zero-order valence-electron chi connectivity index (χ0n) is 10.8. The number of aryl methyl sites for hydroxylation is 2. The van der Waals surface area contributed by atoms with Crippen molar-refractivity contribution in [3.05, 3.63) is 35.5 Å². The number of aromatic nitrogens is 2. The number of carboxylic acid groups (broad SMARTS) is 1. The van der Waals surface area contributed by atoms with Crippen LogP contribution in [0.5, 0.6) is 5.75 Å². The molecule has 2 rings (SSSR count). The van der Waals surface area contributed by atoms with Gasteiger partial charge in [-0.05, 0) is 18.6 Å². The van der Waals surface area contributed by atoms with E-state index in [4.69, 9.17) is 5.11 Å². The van der Waals surface area contributed by atoms with Crippen LogP contribution in [-0.2, 0) is 7.05 Å². The molecule has 0 radical (unpaired) electrons. The summed E-state index contributed by atoms with van der Waals surface area (Å²) in [7, 11) is 1.58. The van der Waals surface area contributed by atoms with Crippen molar-refractivity contribution < 1.29 is 23.4 Å². The molecule has 0 amide bonds. The first-order chi connectivity index (χ1) is 9.40. The second kappa shape index (κ2) is 5.28. The summed E-state index contributed by atoms with van der Waals surface area (Å²) in [6.07, 6.45) is 1.21. The van der Waals surface area contributed by atoms with Gasteiger partial charge >= 0.3 is 12.6 Å². The Morgan fingerprint density at radius 2 is 2.15 bits per heavy atom. The van der Waals surface area contributed by atoms with Crippen LogP contribution in [0.25, 0.3) is 11.3 Å². The molecule has 1 N–H and O–H groups in total. The number of aromatic carboxylic acids is 1. The van der Waals surface area contributed by atoms with Crippen molar-refractivity contribution in [3.63, 3.8) is 0 Å². The lowest BCUT2D eigenvalue weighted by atomic mass is 10.1. The van der Waals surface area contributed by atoms with E-state index in [1.54, 1.807) is 26.1 Å². The smallest absolute Gasteiger partial charge is 0.387 e. The number of halogens is 2. The minimum Gasteiger partial charge on any atom is -0.478 e. The Bertz CT molecular complexity index is 653. The van der Waals surface area contributed by atoms with E-state index in [0.29, 0.717) is 16.8 Å². The van der Waals surface area contributed by atoms with Crippen LogP contribution in [0, 0.1) is 6.92 Å². The molecule has 20 heavy (non-hydrogen) atoms. The highest BCUT2D eigenvalue weighted by atomic mass is 19.3. The first kappa shape index (κ1) is 14.0. The SMILES string of the molecule is Cc1ccc(-c2c(C(=O)O)cnn2C)cc1OC(F)F. The Labute approximate surface area is 113 Å². The molecule has 0 aliphatic heterocycles. The van der Waals surface area contributed by atoms with E-state index in [0.717, 1.165) is 0 Å². The Kier molecular flexibility index (Phi) is 3.69. The summed E-state index contributed by atoms with van der Waals surface area (Å²) in [4.78, 5) is 11.1. The Hall–Kier alpha value is -2.44. The van der Waals surface area contributed by atoms with Gasteiger partial charge in [0.05, 0.1) is 11.9 Å². The number of nitrogens with zero attached hydrogens (tertiary/aromatic N) is 2. The molecular formula is C13H12F2N2O3. The van der Waals surface area contributed by atoms with E-state index in [-0.39, 0.29) is 11.3 Å². The number of benzene rings is 1. The van der Waals surface area contributed by atoms with Gasteiger partial charge in [0.1, 0.15) is 11.3 Å². The zero-order valence-corrected chi connectivity index (χ0v) is 10.8. The highest BCUT2D eigenvalue weighted by molar-refractivity contribution is 5.94. The molecule has 0 bridgehead atoms. The first-order valence-electron chi connectivity index (χ1n) is 5.71. The predicted octanol–water partition coefficient (Wildman–Crippen LogP) is 2.70. The highest BCUT2D eigenvalue weighted by Gasteiger charge is 2.18. The van der Waals surface area contributed by atoms with Gasteiger partial charge < -0.3 is 9.84 Å². The first-order valence-corrected chi connectivity index (χ1v) is 5.71. The molecule has 106 valence electrons. The molecule has 0 saturated heterocycles. The third-order valence-electron chi connectivity index (χ3n) is 2.85. The molecule has 0 unspecified atom stereocenters. The van der Waals surface area contributed by atoms with E-state index in [9.17, 15) is 13.6 Å². The van der Waals surface area contributed by atoms with Gasteiger partial charge in [0.25, 0.3) is 0 Å². The van der Waals surface area contributed by atoms with Crippen molar-refractivity contribution >= 4 is 5.97 Å². The van der Waals surface area contributed by atoms with Gasteiger partial charge in [-0.15, -0.1) is 0 Å². The van der Waals surface area contributed by atoms with E-state index < -0.39 is 12.6 Å².